The quantitative estimate of drug-likeness (QED) is 0.309. The van der Waals surface area contributed by atoms with Crippen molar-refractivity contribution >= 4 is 12.0 Å². The smallest absolute Gasteiger partial charge is 0.407 e. The number of ether oxygens (including phenoxy) is 6. The lowest BCUT2D eigenvalue weighted by Gasteiger charge is -2.31. The molecule has 226 valence electrons. The van der Waals surface area contributed by atoms with Crippen LogP contribution in [-0.2, 0) is 16.0 Å². The fourth-order valence-electron chi connectivity index (χ4n) is 4.63. The zero-order valence-corrected chi connectivity index (χ0v) is 24.9. The summed E-state index contributed by atoms with van der Waals surface area (Å²) >= 11 is 0. The Morgan fingerprint density at radius 3 is 2.32 bits per heavy atom. The Kier molecular flexibility index (Phi) is 12.4. The second-order valence-corrected chi connectivity index (χ2v) is 10.0. The number of nitrogens with one attached hydrogen (secondary N) is 2. The monoisotopic (exact) mass is 573 g/mol. The predicted molar refractivity (Wildman–Crippen MR) is 154 cm³/mol. The Morgan fingerprint density at radius 1 is 0.927 bits per heavy atom. The predicted octanol–water partition coefficient (Wildman–Crippen LogP) is 3.49. The van der Waals surface area contributed by atoms with Gasteiger partial charge in [-0.2, -0.15) is 0 Å². The third-order valence-corrected chi connectivity index (χ3v) is 6.90. The topological polar surface area (TPSA) is 117 Å². The fraction of sp³-hybridized carbons (Fsp3) is 0.533. The molecule has 2 aromatic rings. The highest BCUT2D eigenvalue weighted by atomic mass is 16.6. The van der Waals surface area contributed by atoms with Gasteiger partial charge in [0.25, 0.3) is 5.91 Å². The van der Waals surface area contributed by atoms with Gasteiger partial charge in [0.2, 0.25) is 0 Å². The molecule has 1 fully saturated rings. The fourth-order valence-corrected chi connectivity index (χ4v) is 4.63. The van der Waals surface area contributed by atoms with Crippen LogP contribution in [-0.4, -0.2) is 90.3 Å². The molecule has 3 rings (SSSR count). The lowest BCUT2D eigenvalue weighted by atomic mass is 10.0. The minimum Gasteiger partial charge on any atom is -0.493 e. The Balaban J connectivity index is 1.62. The largest absolute Gasteiger partial charge is 0.493 e. The maximum absolute atomic E-state index is 13.6. The zero-order valence-electron chi connectivity index (χ0n) is 24.9. The molecule has 41 heavy (non-hydrogen) atoms. The number of rotatable bonds is 15. The lowest BCUT2D eigenvalue weighted by molar-refractivity contribution is 0.0521. The third-order valence-electron chi connectivity index (χ3n) is 6.90. The normalized spacial score (nSPS) is 16.3. The van der Waals surface area contributed by atoms with Gasteiger partial charge in [-0.1, -0.05) is 6.07 Å². The molecule has 1 saturated heterocycles. The molecule has 2 amide bonds. The molecular formula is C30H43N3O8. The number of hydrogen-bond donors (Lipinski definition) is 2. The molecule has 11 nitrogen and oxygen atoms in total. The summed E-state index contributed by atoms with van der Waals surface area (Å²) in [5.41, 5.74) is 1.34. The minimum atomic E-state index is -0.522. The Hall–Kier alpha value is -3.70. The Morgan fingerprint density at radius 2 is 1.63 bits per heavy atom. The van der Waals surface area contributed by atoms with Crippen LogP contribution in [0.3, 0.4) is 0 Å². The molecule has 0 radical (unpaired) electrons. The van der Waals surface area contributed by atoms with Crippen molar-refractivity contribution in [2.45, 2.75) is 39.0 Å². The van der Waals surface area contributed by atoms with E-state index in [4.69, 9.17) is 28.4 Å². The maximum atomic E-state index is 13.6. The number of benzene rings is 2. The summed E-state index contributed by atoms with van der Waals surface area (Å²) in [4.78, 5) is 28.1. The standard InChI is InChI=1S/C30H43N3O8/c1-20(2)33(29(34)22-9-11-25(38-5)27(15-22)40-13-7-12-36-3)19-23-17-31-18-28(23)41-30(35)32-16-21-8-10-24(37-4)26(14-21)39-6/h8-11,14-15,20,23,28,31H,7,12-13,16-19H2,1-6H3,(H,32,35)/t23-,28+/m0/s1. The second kappa shape index (κ2) is 15.9. The summed E-state index contributed by atoms with van der Waals surface area (Å²) < 4.78 is 32.7. The molecule has 0 saturated carbocycles. The van der Waals surface area contributed by atoms with E-state index in [1.165, 1.54) is 0 Å². The summed E-state index contributed by atoms with van der Waals surface area (Å²) in [6, 6.07) is 10.6. The number of hydrogen-bond acceptors (Lipinski definition) is 9. The van der Waals surface area contributed by atoms with Crippen LogP contribution in [0.15, 0.2) is 36.4 Å². The van der Waals surface area contributed by atoms with Gasteiger partial charge in [0.1, 0.15) is 6.10 Å². The molecule has 1 aliphatic heterocycles. The van der Waals surface area contributed by atoms with Crippen molar-refractivity contribution in [3.63, 3.8) is 0 Å². The van der Waals surface area contributed by atoms with Crippen molar-refractivity contribution < 1.29 is 38.0 Å². The maximum Gasteiger partial charge on any atom is 0.407 e. The van der Waals surface area contributed by atoms with E-state index in [1.807, 2.05) is 19.9 Å². The van der Waals surface area contributed by atoms with Gasteiger partial charge in [-0.15, -0.1) is 0 Å². The van der Waals surface area contributed by atoms with Crippen LogP contribution in [0.1, 0.15) is 36.2 Å². The van der Waals surface area contributed by atoms with Gasteiger partial charge >= 0.3 is 6.09 Å². The van der Waals surface area contributed by atoms with Crippen LogP contribution >= 0.6 is 0 Å². The minimum absolute atomic E-state index is 0.0730. The van der Waals surface area contributed by atoms with Gasteiger partial charge in [0, 0.05) is 63.8 Å². The Labute approximate surface area is 242 Å². The molecule has 0 bridgehead atoms. The second-order valence-electron chi connectivity index (χ2n) is 10.0. The molecule has 1 heterocycles. The summed E-state index contributed by atoms with van der Waals surface area (Å²) in [5, 5.41) is 6.09. The summed E-state index contributed by atoms with van der Waals surface area (Å²) in [7, 11) is 6.34. The molecule has 1 aliphatic rings. The van der Waals surface area contributed by atoms with E-state index < -0.39 is 6.09 Å². The zero-order chi connectivity index (χ0) is 29.8. The third kappa shape index (κ3) is 8.89. The van der Waals surface area contributed by atoms with Crippen molar-refractivity contribution in [3.05, 3.63) is 47.5 Å². The van der Waals surface area contributed by atoms with Crippen LogP contribution < -0.4 is 29.6 Å². The van der Waals surface area contributed by atoms with Gasteiger partial charge < -0.3 is 44.0 Å². The van der Waals surface area contributed by atoms with Gasteiger partial charge in [-0.25, -0.2) is 4.79 Å². The van der Waals surface area contributed by atoms with Crippen molar-refractivity contribution in [2.24, 2.45) is 5.92 Å². The van der Waals surface area contributed by atoms with E-state index >= 15 is 0 Å². The van der Waals surface area contributed by atoms with Crippen LogP contribution in [0.4, 0.5) is 4.79 Å². The number of methoxy groups -OCH3 is 4. The highest BCUT2D eigenvalue weighted by Crippen LogP contribution is 2.30. The summed E-state index contributed by atoms with van der Waals surface area (Å²) in [6.07, 6.45) is -0.190. The molecule has 0 unspecified atom stereocenters. The van der Waals surface area contributed by atoms with Crippen molar-refractivity contribution in [1.82, 2.24) is 15.5 Å². The summed E-state index contributed by atoms with van der Waals surface area (Å²) in [5.74, 6) is 2.06. The number of carbonyl (C=O) groups excluding carboxylic acids is 2. The van der Waals surface area contributed by atoms with Gasteiger partial charge in [-0.3, -0.25) is 4.79 Å². The molecule has 11 heteroatoms. The Bertz CT molecular complexity index is 1140. The molecular weight excluding hydrogens is 530 g/mol. The van der Waals surface area contributed by atoms with Crippen molar-refractivity contribution in [3.8, 4) is 23.0 Å². The van der Waals surface area contributed by atoms with Crippen molar-refractivity contribution in [2.75, 3.05) is 61.3 Å². The first-order valence-electron chi connectivity index (χ1n) is 13.8. The van der Waals surface area contributed by atoms with Gasteiger partial charge in [0.15, 0.2) is 23.0 Å². The highest BCUT2D eigenvalue weighted by Gasteiger charge is 2.34. The highest BCUT2D eigenvalue weighted by molar-refractivity contribution is 5.95. The van der Waals surface area contributed by atoms with E-state index in [1.54, 1.807) is 63.7 Å². The average Bonchev–Trinajstić information content (AvgIpc) is 3.42. The first-order valence-corrected chi connectivity index (χ1v) is 13.8. The van der Waals surface area contributed by atoms with E-state index in [0.29, 0.717) is 67.8 Å². The number of carbonyl (C=O) groups is 2. The molecule has 0 aliphatic carbocycles. The molecule has 2 aromatic carbocycles. The number of amides is 2. The molecule has 0 aromatic heterocycles. The molecule has 2 atom stereocenters. The average molecular weight is 574 g/mol. The van der Waals surface area contributed by atoms with E-state index in [2.05, 4.69) is 10.6 Å². The number of alkyl carbamates (subject to hydrolysis) is 1. The van der Waals surface area contributed by atoms with Gasteiger partial charge in [-0.05, 0) is 49.7 Å². The number of nitrogens with zero attached hydrogens (tertiary/aromatic N) is 1. The van der Waals surface area contributed by atoms with E-state index in [-0.39, 0.29) is 30.5 Å². The molecule has 0 spiro atoms. The first-order chi connectivity index (χ1) is 19.8. The summed E-state index contributed by atoms with van der Waals surface area (Å²) in [6.45, 7) is 6.79. The lowest BCUT2D eigenvalue weighted by Crippen LogP contribution is -2.44. The van der Waals surface area contributed by atoms with Crippen LogP contribution in [0.2, 0.25) is 0 Å². The van der Waals surface area contributed by atoms with Crippen LogP contribution in [0.25, 0.3) is 0 Å². The van der Waals surface area contributed by atoms with Crippen LogP contribution in [0, 0.1) is 5.92 Å². The van der Waals surface area contributed by atoms with E-state index in [9.17, 15) is 9.59 Å². The van der Waals surface area contributed by atoms with Crippen LogP contribution in [0.5, 0.6) is 23.0 Å². The van der Waals surface area contributed by atoms with Gasteiger partial charge in [0.05, 0.1) is 27.9 Å². The molecule has 2 N–H and O–H groups in total. The SMILES string of the molecule is COCCCOc1cc(C(=O)N(C[C@@H]2CNC[C@H]2OC(=O)NCc2ccc(OC)c(OC)c2)C(C)C)ccc1OC. The first kappa shape index (κ1) is 31.8. The van der Waals surface area contributed by atoms with Crippen molar-refractivity contribution in [1.29, 1.82) is 0 Å². The van der Waals surface area contributed by atoms with E-state index in [0.717, 1.165) is 5.56 Å².